The van der Waals surface area contributed by atoms with E-state index in [-0.39, 0.29) is 10.6 Å². The fourth-order valence-electron chi connectivity index (χ4n) is 2.16. The molecule has 0 saturated heterocycles. The van der Waals surface area contributed by atoms with E-state index in [0.717, 1.165) is 6.07 Å². The second-order valence-electron chi connectivity index (χ2n) is 4.88. The van der Waals surface area contributed by atoms with Crippen molar-refractivity contribution in [1.82, 2.24) is 14.8 Å². The molecular formula is C16H13FN4O2S. The first kappa shape index (κ1) is 16.0. The molecule has 3 aromatic rings. The minimum absolute atomic E-state index is 0.0895. The Morgan fingerprint density at radius 2 is 2.08 bits per heavy atom. The lowest BCUT2D eigenvalue weighted by molar-refractivity contribution is 0.102. The number of pyridine rings is 1. The van der Waals surface area contributed by atoms with Crippen molar-refractivity contribution in [3.05, 3.63) is 66.4 Å². The van der Waals surface area contributed by atoms with Crippen LogP contribution in [-0.4, -0.2) is 31.1 Å². The summed E-state index contributed by atoms with van der Waals surface area (Å²) in [6, 6.07) is 8.98. The van der Waals surface area contributed by atoms with E-state index in [9.17, 15) is 13.4 Å². The maximum Gasteiger partial charge on any atom is 0.259 e. The zero-order valence-corrected chi connectivity index (χ0v) is 13.5. The Hall–Kier alpha value is -2.87. The number of rotatable bonds is 4. The quantitative estimate of drug-likeness (QED) is 0.788. The number of hydrogen-bond acceptors (Lipinski definition) is 4. The first-order chi connectivity index (χ1) is 11.6. The Kier molecular flexibility index (Phi) is 4.48. The highest BCUT2D eigenvalue weighted by Crippen LogP contribution is 2.19. The maximum atomic E-state index is 13.9. The normalized spacial score (nSPS) is 11.9. The van der Waals surface area contributed by atoms with Gasteiger partial charge in [-0.15, -0.1) is 0 Å². The predicted octanol–water partition coefficient (Wildman–Crippen LogP) is 2.40. The van der Waals surface area contributed by atoms with Gasteiger partial charge in [0.05, 0.1) is 21.3 Å². The molecule has 0 saturated carbocycles. The van der Waals surface area contributed by atoms with E-state index in [0.29, 0.717) is 11.4 Å². The monoisotopic (exact) mass is 344 g/mol. The summed E-state index contributed by atoms with van der Waals surface area (Å²) in [6.45, 7) is 0. The molecule has 0 fully saturated rings. The van der Waals surface area contributed by atoms with Gasteiger partial charge in [-0.3, -0.25) is 9.00 Å². The van der Waals surface area contributed by atoms with Crippen LogP contribution in [0.2, 0.25) is 0 Å². The number of nitrogens with one attached hydrogen (secondary N) is 1. The van der Waals surface area contributed by atoms with Crippen molar-refractivity contribution in [2.75, 3.05) is 11.6 Å². The van der Waals surface area contributed by atoms with Gasteiger partial charge in [0.1, 0.15) is 5.82 Å². The Morgan fingerprint density at radius 3 is 2.75 bits per heavy atom. The minimum Gasteiger partial charge on any atom is -0.322 e. The third kappa shape index (κ3) is 3.23. The third-order valence-electron chi connectivity index (χ3n) is 3.25. The van der Waals surface area contributed by atoms with Crippen LogP contribution < -0.4 is 5.32 Å². The van der Waals surface area contributed by atoms with Crippen LogP contribution in [0.4, 0.5) is 10.1 Å². The number of halogens is 1. The molecule has 2 heterocycles. The van der Waals surface area contributed by atoms with Crippen molar-refractivity contribution in [2.24, 2.45) is 0 Å². The summed E-state index contributed by atoms with van der Waals surface area (Å²) in [5.41, 5.74) is 0.562. The molecule has 1 N–H and O–H groups in total. The lowest BCUT2D eigenvalue weighted by Gasteiger charge is -2.10. The fraction of sp³-hybridized carbons (Fsp3) is 0.0625. The summed E-state index contributed by atoms with van der Waals surface area (Å²) in [4.78, 5) is 16.7. The van der Waals surface area contributed by atoms with Crippen molar-refractivity contribution in [3.8, 4) is 5.82 Å². The van der Waals surface area contributed by atoms with Gasteiger partial charge in [-0.05, 0) is 36.4 Å². The number of anilines is 1. The van der Waals surface area contributed by atoms with Gasteiger partial charge in [0.15, 0.2) is 5.82 Å². The van der Waals surface area contributed by atoms with Crippen LogP contribution >= 0.6 is 0 Å². The highest BCUT2D eigenvalue weighted by molar-refractivity contribution is 7.84. The number of aromatic nitrogens is 3. The van der Waals surface area contributed by atoms with Gasteiger partial charge in [0, 0.05) is 30.5 Å². The number of benzene rings is 1. The van der Waals surface area contributed by atoms with Crippen molar-refractivity contribution in [1.29, 1.82) is 0 Å². The summed E-state index contributed by atoms with van der Waals surface area (Å²) < 4.78 is 26.7. The molecule has 3 rings (SSSR count). The molecular weight excluding hydrogens is 331 g/mol. The molecule has 2 aromatic heterocycles. The lowest BCUT2D eigenvalue weighted by Crippen LogP contribution is -2.16. The first-order valence-corrected chi connectivity index (χ1v) is 8.51. The zero-order valence-electron chi connectivity index (χ0n) is 12.6. The van der Waals surface area contributed by atoms with E-state index >= 15 is 0 Å². The third-order valence-corrected chi connectivity index (χ3v) is 4.20. The van der Waals surface area contributed by atoms with Crippen LogP contribution in [-0.2, 0) is 10.8 Å². The van der Waals surface area contributed by atoms with Crippen LogP contribution in [0.15, 0.2) is 59.9 Å². The summed E-state index contributed by atoms with van der Waals surface area (Å²) in [6.07, 6.45) is 6.20. The van der Waals surface area contributed by atoms with Crippen LogP contribution in [0.5, 0.6) is 0 Å². The van der Waals surface area contributed by atoms with Gasteiger partial charge in [-0.25, -0.2) is 14.1 Å². The molecule has 6 nitrogen and oxygen atoms in total. The molecule has 0 unspecified atom stereocenters. The van der Waals surface area contributed by atoms with E-state index in [4.69, 9.17) is 0 Å². The minimum atomic E-state index is -1.43. The van der Waals surface area contributed by atoms with Gasteiger partial charge >= 0.3 is 0 Å². The van der Waals surface area contributed by atoms with Crippen molar-refractivity contribution in [2.45, 2.75) is 4.90 Å². The molecule has 0 aliphatic heterocycles. The van der Waals surface area contributed by atoms with E-state index in [1.807, 2.05) is 0 Å². The zero-order chi connectivity index (χ0) is 17.1. The second kappa shape index (κ2) is 6.71. The first-order valence-electron chi connectivity index (χ1n) is 6.95. The lowest BCUT2D eigenvalue weighted by atomic mass is 10.2. The Morgan fingerprint density at radius 1 is 1.25 bits per heavy atom. The highest BCUT2D eigenvalue weighted by Gasteiger charge is 2.15. The van der Waals surface area contributed by atoms with E-state index in [2.05, 4.69) is 15.4 Å². The number of nitrogens with zero attached hydrogens (tertiary/aromatic N) is 3. The number of amides is 1. The van der Waals surface area contributed by atoms with Gasteiger partial charge in [-0.1, -0.05) is 0 Å². The van der Waals surface area contributed by atoms with Crippen LogP contribution in [0.25, 0.3) is 5.82 Å². The van der Waals surface area contributed by atoms with Crippen molar-refractivity contribution >= 4 is 22.4 Å². The molecule has 122 valence electrons. The standard InChI is InChI=1S/C16H13FN4O2S/c1-24(23)14-6-5-11(10-13(14)17)20-16(22)12-4-2-7-18-15(12)21-9-3-8-19-21/h2-10H,1H3,(H,20,22)/t24-/m1/s1. The summed E-state index contributed by atoms with van der Waals surface area (Å²) >= 11 is 0. The van der Waals surface area contributed by atoms with Crippen LogP contribution in [0, 0.1) is 5.82 Å². The summed E-state index contributed by atoms with van der Waals surface area (Å²) in [5, 5.41) is 6.67. The van der Waals surface area contributed by atoms with E-state index < -0.39 is 22.5 Å². The number of carbonyl (C=O) groups is 1. The molecule has 0 aliphatic rings. The summed E-state index contributed by atoms with van der Waals surface area (Å²) in [5.74, 6) is -0.711. The Labute approximate surface area is 139 Å². The average molecular weight is 344 g/mol. The Balaban J connectivity index is 1.89. The fourth-order valence-corrected chi connectivity index (χ4v) is 2.75. The summed E-state index contributed by atoms with van der Waals surface area (Å²) in [7, 11) is -1.43. The van der Waals surface area contributed by atoms with Crippen LogP contribution in [0.1, 0.15) is 10.4 Å². The highest BCUT2D eigenvalue weighted by atomic mass is 32.2. The van der Waals surface area contributed by atoms with E-state index in [1.54, 1.807) is 36.8 Å². The second-order valence-corrected chi connectivity index (χ2v) is 6.23. The average Bonchev–Trinajstić information content (AvgIpc) is 3.09. The molecule has 8 heteroatoms. The Bertz CT molecular complexity index is 912. The molecule has 1 aromatic carbocycles. The topological polar surface area (TPSA) is 76.9 Å². The van der Waals surface area contributed by atoms with Gasteiger partial charge in [0.25, 0.3) is 5.91 Å². The molecule has 24 heavy (non-hydrogen) atoms. The number of hydrogen-bond donors (Lipinski definition) is 1. The van der Waals surface area contributed by atoms with Crippen molar-refractivity contribution < 1.29 is 13.4 Å². The van der Waals surface area contributed by atoms with Gasteiger partial charge in [-0.2, -0.15) is 5.10 Å². The van der Waals surface area contributed by atoms with E-state index in [1.165, 1.54) is 23.1 Å². The maximum absolute atomic E-state index is 13.9. The molecule has 0 aliphatic carbocycles. The SMILES string of the molecule is C[S@@](=O)c1ccc(NC(=O)c2cccnc2-n2cccn2)cc1F. The molecule has 0 radical (unpaired) electrons. The molecule has 1 amide bonds. The van der Waals surface area contributed by atoms with Crippen LogP contribution in [0.3, 0.4) is 0 Å². The number of carbonyl (C=O) groups excluding carboxylic acids is 1. The predicted molar refractivity (Wildman–Crippen MR) is 88.0 cm³/mol. The largest absolute Gasteiger partial charge is 0.322 e. The molecule has 0 spiro atoms. The smallest absolute Gasteiger partial charge is 0.259 e. The van der Waals surface area contributed by atoms with Crippen molar-refractivity contribution in [3.63, 3.8) is 0 Å². The van der Waals surface area contributed by atoms with Gasteiger partial charge in [0.2, 0.25) is 0 Å². The molecule has 1 atom stereocenters. The van der Waals surface area contributed by atoms with Gasteiger partial charge < -0.3 is 5.32 Å². The molecule has 0 bridgehead atoms.